The molecule has 2 heterocycles. The van der Waals surface area contributed by atoms with Crippen LogP contribution in [0.4, 0.5) is 5.69 Å². The summed E-state index contributed by atoms with van der Waals surface area (Å²) in [5, 5.41) is 0.704. The van der Waals surface area contributed by atoms with Crippen molar-refractivity contribution >= 4 is 45.9 Å². The lowest BCUT2D eigenvalue weighted by Gasteiger charge is -2.07. The summed E-state index contributed by atoms with van der Waals surface area (Å²) in [6, 6.07) is 20.7. The van der Waals surface area contributed by atoms with Crippen LogP contribution >= 0.6 is 23.1 Å². The minimum absolute atomic E-state index is 0.0128. The number of hydrogen-bond acceptors (Lipinski definition) is 4. The molecule has 0 radical (unpaired) electrons. The Morgan fingerprint density at radius 1 is 0.893 bits per heavy atom. The van der Waals surface area contributed by atoms with Gasteiger partial charge in [-0.15, -0.1) is 11.3 Å². The minimum atomic E-state index is -0.0128. The fourth-order valence-corrected chi connectivity index (χ4v) is 4.82. The number of likely N-dealkylation sites (N-methyl/N-ethyl adjacent to an activating group) is 1. The smallest absolute Gasteiger partial charge is 0.266 e. The molecule has 1 fully saturated rings. The number of hydrogen-bond donors (Lipinski definition) is 0. The summed E-state index contributed by atoms with van der Waals surface area (Å²) in [7, 11) is 1.77. The average molecular weight is 405 g/mol. The number of aliphatic imine (C=N–C) groups is 1. The van der Waals surface area contributed by atoms with Gasteiger partial charge in [0.1, 0.15) is 0 Å². The highest BCUT2D eigenvalue weighted by Gasteiger charge is 2.30. The predicted molar refractivity (Wildman–Crippen MR) is 121 cm³/mol. The van der Waals surface area contributed by atoms with Gasteiger partial charge in [-0.3, -0.25) is 9.69 Å². The van der Waals surface area contributed by atoms with Crippen molar-refractivity contribution in [2.45, 2.75) is 13.8 Å². The van der Waals surface area contributed by atoms with Crippen molar-refractivity contribution in [1.82, 2.24) is 4.90 Å². The zero-order valence-corrected chi connectivity index (χ0v) is 17.6. The topological polar surface area (TPSA) is 32.7 Å². The lowest BCUT2D eigenvalue weighted by molar-refractivity contribution is -0.121. The predicted octanol–water partition coefficient (Wildman–Crippen LogP) is 6.27. The average Bonchev–Trinajstić information content (AvgIpc) is 3.25. The minimum Gasteiger partial charge on any atom is -0.290 e. The van der Waals surface area contributed by atoms with E-state index in [0.29, 0.717) is 10.1 Å². The number of benzene rings is 2. The molecule has 140 valence electrons. The van der Waals surface area contributed by atoms with Gasteiger partial charge < -0.3 is 0 Å². The summed E-state index contributed by atoms with van der Waals surface area (Å²) in [6.45, 7) is 4.13. The number of carbonyl (C=O) groups excluding carboxylic acids is 1. The van der Waals surface area contributed by atoms with Gasteiger partial charge in [0.05, 0.1) is 10.6 Å². The SMILES string of the molecule is Cc1ccc(/N=C2/S/C(=C\c3ccc(-c4ccc(C)cc4)s3)C(=O)N2C)cc1. The number of carbonyl (C=O) groups is 1. The molecule has 0 aliphatic carbocycles. The van der Waals surface area contributed by atoms with Crippen LogP contribution in [0.5, 0.6) is 0 Å². The van der Waals surface area contributed by atoms with Crippen LogP contribution in [0.15, 0.2) is 70.6 Å². The molecule has 1 aliphatic rings. The van der Waals surface area contributed by atoms with Crippen molar-refractivity contribution in [2.24, 2.45) is 4.99 Å². The largest absolute Gasteiger partial charge is 0.290 e. The van der Waals surface area contributed by atoms with Gasteiger partial charge in [-0.1, -0.05) is 47.5 Å². The lowest BCUT2D eigenvalue weighted by atomic mass is 10.1. The molecular formula is C23H20N2OS2. The van der Waals surface area contributed by atoms with Gasteiger partial charge in [-0.05, 0) is 61.5 Å². The van der Waals surface area contributed by atoms with Crippen LogP contribution in [0.1, 0.15) is 16.0 Å². The van der Waals surface area contributed by atoms with Gasteiger partial charge in [0.2, 0.25) is 0 Å². The van der Waals surface area contributed by atoms with E-state index in [0.717, 1.165) is 10.6 Å². The maximum atomic E-state index is 12.6. The van der Waals surface area contributed by atoms with E-state index >= 15 is 0 Å². The number of nitrogens with zero attached hydrogens (tertiary/aromatic N) is 2. The second kappa shape index (κ2) is 7.78. The molecule has 1 saturated heterocycles. The van der Waals surface area contributed by atoms with Crippen molar-refractivity contribution < 1.29 is 4.79 Å². The number of thioether (sulfide) groups is 1. The van der Waals surface area contributed by atoms with E-state index in [4.69, 9.17) is 0 Å². The standard InChI is InChI=1S/C23H20N2OS2/c1-15-4-8-17(9-5-15)20-13-12-19(27-20)14-21-22(26)25(3)23(28-21)24-18-10-6-16(2)7-11-18/h4-14H,1-3H3/b21-14-,24-23+. The van der Waals surface area contributed by atoms with E-state index < -0.39 is 0 Å². The van der Waals surface area contributed by atoms with Crippen LogP contribution in [0.2, 0.25) is 0 Å². The van der Waals surface area contributed by atoms with E-state index in [9.17, 15) is 4.79 Å². The monoisotopic (exact) mass is 404 g/mol. The lowest BCUT2D eigenvalue weighted by Crippen LogP contribution is -2.23. The third-order valence-corrected chi connectivity index (χ3v) is 6.64. The van der Waals surface area contributed by atoms with Crippen LogP contribution in [0.25, 0.3) is 16.5 Å². The van der Waals surface area contributed by atoms with Gasteiger partial charge >= 0.3 is 0 Å². The molecule has 0 atom stereocenters. The Kier molecular flexibility index (Phi) is 5.20. The molecule has 2 aromatic carbocycles. The first-order valence-electron chi connectivity index (χ1n) is 8.99. The Morgan fingerprint density at radius 2 is 1.54 bits per heavy atom. The van der Waals surface area contributed by atoms with Gasteiger partial charge in [0.15, 0.2) is 5.17 Å². The molecule has 28 heavy (non-hydrogen) atoms. The zero-order chi connectivity index (χ0) is 19.7. The van der Waals surface area contributed by atoms with E-state index in [-0.39, 0.29) is 5.91 Å². The van der Waals surface area contributed by atoms with Crippen LogP contribution in [0, 0.1) is 13.8 Å². The van der Waals surface area contributed by atoms with Crippen molar-refractivity contribution in [2.75, 3.05) is 7.05 Å². The Balaban J connectivity index is 1.57. The van der Waals surface area contributed by atoms with Crippen molar-refractivity contribution in [3.05, 3.63) is 81.6 Å². The Morgan fingerprint density at radius 3 is 2.21 bits per heavy atom. The Bertz CT molecular complexity index is 1080. The molecule has 1 aromatic heterocycles. The first-order valence-corrected chi connectivity index (χ1v) is 10.6. The summed E-state index contributed by atoms with van der Waals surface area (Å²) >= 11 is 3.11. The van der Waals surface area contributed by atoms with Crippen molar-refractivity contribution in [1.29, 1.82) is 0 Å². The molecule has 0 N–H and O–H groups in total. The summed E-state index contributed by atoms with van der Waals surface area (Å²) in [5.41, 5.74) is 4.49. The first kappa shape index (κ1) is 18.7. The van der Waals surface area contributed by atoms with Crippen molar-refractivity contribution in [3.8, 4) is 10.4 Å². The van der Waals surface area contributed by atoms with Gasteiger partial charge in [-0.25, -0.2) is 4.99 Å². The Hall–Kier alpha value is -2.63. The van der Waals surface area contributed by atoms with Crippen LogP contribution in [0.3, 0.4) is 0 Å². The number of aryl methyl sites for hydroxylation is 2. The molecule has 4 rings (SSSR count). The fraction of sp³-hybridized carbons (Fsp3) is 0.130. The molecule has 3 nitrogen and oxygen atoms in total. The molecule has 5 heteroatoms. The highest BCUT2D eigenvalue weighted by atomic mass is 32.2. The summed E-state index contributed by atoms with van der Waals surface area (Å²) < 4.78 is 0. The number of rotatable bonds is 3. The number of amides is 1. The third kappa shape index (κ3) is 3.96. The summed E-state index contributed by atoms with van der Waals surface area (Å²) in [4.78, 5) is 21.9. The fourth-order valence-electron chi connectivity index (χ4n) is 2.81. The maximum Gasteiger partial charge on any atom is 0.266 e. The van der Waals surface area contributed by atoms with E-state index in [2.05, 4.69) is 48.3 Å². The van der Waals surface area contributed by atoms with E-state index in [1.54, 1.807) is 23.3 Å². The molecule has 1 aliphatic heterocycles. The molecular weight excluding hydrogens is 384 g/mol. The zero-order valence-electron chi connectivity index (χ0n) is 16.0. The second-order valence-electron chi connectivity index (χ2n) is 6.77. The van der Waals surface area contributed by atoms with Crippen molar-refractivity contribution in [3.63, 3.8) is 0 Å². The maximum absolute atomic E-state index is 12.6. The van der Waals surface area contributed by atoms with Gasteiger partial charge in [0.25, 0.3) is 5.91 Å². The molecule has 1 amide bonds. The van der Waals surface area contributed by atoms with Crippen LogP contribution in [-0.2, 0) is 4.79 Å². The molecule has 3 aromatic rings. The molecule has 0 unspecified atom stereocenters. The summed E-state index contributed by atoms with van der Waals surface area (Å²) in [6.07, 6.45) is 1.96. The third-order valence-electron chi connectivity index (χ3n) is 4.50. The molecule has 0 bridgehead atoms. The first-order chi connectivity index (χ1) is 13.5. The normalized spacial score (nSPS) is 17.1. The van der Waals surface area contributed by atoms with Crippen LogP contribution < -0.4 is 0 Å². The Labute approximate surface area is 173 Å². The molecule has 0 spiro atoms. The second-order valence-corrected chi connectivity index (χ2v) is 8.90. The van der Waals surface area contributed by atoms with Gasteiger partial charge in [0, 0.05) is 16.8 Å². The van der Waals surface area contributed by atoms with Gasteiger partial charge in [-0.2, -0.15) is 0 Å². The summed E-state index contributed by atoms with van der Waals surface area (Å²) in [5.74, 6) is -0.0128. The quantitative estimate of drug-likeness (QED) is 0.482. The van der Waals surface area contributed by atoms with Crippen LogP contribution in [-0.4, -0.2) is 23.0 Å². The van der Waals surface area contributed by atoms with E-state index in [1.165, 1.54) is 33.3 Å². The van der Waals surface area contributed by atoms with E-state index in [1.807, 2.05) is 37.3 Å². The highest BCUT2D eigenvalue weighted by molar-refractivity contribution is 8.18. The molecule has 0 saturated carbocycles. The number of amidine groups is 1. The highest BCUT2D eigenvalue weighted by Crippen LogP contribution is 2.36. The number of thiophene rings is 1.